The summed E-state index contributed by atoms with van der Waals surface area (Å²) in [7, 11) is 3.35. The van der Waals surface area contributed by atoms with Crippen molar-refractivity contribution in [2.75, 3.05) is 38.7 Å². The third kappa shape index (κ3) is 1.96. The van der Waals surface area contributed by atoms with Crippen molar-refractivity contribution in [1.29, 1.82) is 0 Å². The number of anilines is 1. The van der Waals surface area contributed by atoms with E-state index in [9.17, 15) is 9.59 Å². The minimum Gasteiger partial charge on any atom is -0.468 e. The number of esters is 1. The Balaban J connectivity index is 2.05. The molecule has 22 heavy (non-hydrogen) atoms. The molecule has 0 N–H and O–H groups in total. The summed E-state index contributed by atoms with van der Waals surface area (Å²) in [4.78, 5) is 29.2. The summed E-state index contributed by atoms with van der Waals surface area (Å²) in [6.07, 6.45) is 0. The summed E-state index contributed by atoms with van der Waals surface area (Å²) in [5, 5.41) is 0. The molecule has 2 heterocycles. The van der Waals surface area contributed by atoms with Gasteiger partial charge in [-0.1, -0.05) is 18.2 Å². The maximum atomic E-state index is 13.0. The lowest BCUT2D eigenvalue weighted by molar-refractivity contribution is -0.153. The van der Waals surface area contributed by atoms with E-state index in [-0.39, 0.29) is 17.8 Å². The van der Waals surface area contributed by atoms with Crippen LogP contribution in [0, 0.1) is 25.2 Å². The molecule has 0 saturated carbocycles. The Morgan fingerprint density at radius 2 is 1.91 bits per heavy atom. The number of para-hydroxylation sites is 1. The molecule has 0 bridgehead atoms. The molecule has 0 spiro atoms. The van der Waals surface area contributed by atoms with Gasteiger partial charge in [-0.2, -0.15) is 0 Å². The van der Waals surface area contributed by atoms with Gasteiger partial charge in [0, 0.05) is 25.3 Å². The van der Waals surface area contributed by atoms with Gasteiger partial charge >= 0.3 is 5.97 Å². The maximum Gasteiger partial charge on any atom is 0.315 e. The molecule has 1 aromatic carbocycles. The lowest BCUT2D eigenvalue weighted by Crippen LogP contribution is -2.41. The third-order valence-corrected chi connectivity index (χ3v) is 5.02. The van der Waals surface area contributed by atoms with Crippen molar-refractivity contribution < 1.29 is 14.3 Å². The molecule has 5 nitrogen and oxygen atoms in total. The second-order valence-electron chi connectivity index (χ2n) is 6.56. The number of ether oxygens (including phenoxy) is 1. The average molecular weight is 302 g/mol. The van der Waals surface area contributed by atoms with Gasteiger partial charge in [0.15, 0.2) is 0 Å². The number of methoxy groups -OCH3 is 1. The van der Waals surface area contributed by atoms with Gasteiger partial charge in [-0.3, -0.25) is 9.59 Å². The number of hydrogen-bond donors (Lipinski definition) is 0. The number of nitrogens with zero attached hydrogens (tertiary/aromatic N) is 2. The van der Waals surface area contributed by atoms with E-state index in [0.717, 1.165) is 16.8 Å². The number of rotatable bonds is 2. The molecule has 118 valence electrons. The number of amides is 1. The Morgan fingerprint density at radius 1 is 1.27 bits per heavy atom. The first kappa shape index (κ1) is 15.0. The fourth-order valence-corrected chi connectivity index (χ4v) is 4.06. The topological polar surface area (TPSA) is 49.9 Å². The zero-order chi connectivity index (χ0) is 16.1. The van der Waals surface area contributed by atoms with Gasteiger partial charge in [0.2, 0.25) is 5.91 Å². The first-order valence-corrected chi connectivity index (χ1v) is 7.55. The van der Waals surface area contributed by atoms with Crippen LogP contribution >= 0.6 is 0 Å². The minimum atomic E-state index is -0.741. The van der Waals surface area contributed by atoms with Crippen molar-refractivity contribution in [3.63, 3.8) is 0 Å². The number of hydrogen-bond acceptors (Lipinski definition) is 4. The van der Waals surface area contributed by atoms with Crippen LogP contribution in [0.1, 0.15) is 11.1 Å². The van der Waals surface area contributed by atoms with Crippen molar-refractivity contribution in [3.05, 3.63) is 29.3 Å². The SMILES string of the molecule is COC(=O)C12CN(C)CC1C(=O)N(c1c(C)cccc1C)C2. The minimum absolute atomic E-state index is 0.0344. The normalized spacial score (nSPS) is 28.1. The molecule has 2 saturated heterocycles. The van der Waals surface area contributed by atoms with Gasteiger partial charge in [-0.05, 0) is 32.0 Å². The van der Waals surface area contributed by atoms with Gasteiger partial charge in [0.25, 0.3) is 0 Å². The molecule has 1 aromatic rings. The number of aryl methyl sites for hydroxylation is 2. The zero-order valence-electron chi connectivity index (χ0n) is 13.5. The van der Waals surface area contributed by atoms with Crippen LogP contribution < -0.4 is 4.90 Å². The zero-order valence-corrected chi connectivity index (χ0v) is 13.5. The fraction of sp³-hybridized carbons (Fsp3) is 0.529. The molecule has 5 heteroatoms. The number of likely N-dealkylation sites (tertiary alicyclic amines) is 1. The predicted molar refractivity (Wildman–Crippen MR) is 83.7 cm³/mol. The van der Waals surface area contributed by atoms with E-state index in [1.54, 1.807) is 4.90 Å². The molecule has 0 radical (unpaired) electrons. The van der Waals surface area contributed by atoms with Crippen molar-refractivity contribution in [2.45, 2.75) is 13.8 Å². The van der Waals surface area contributed by atoms with Crippen LogP contribution in [0.2, 0.25) is 0 Å². The Morgan fingerprint density at radius 3 is 2.50 bits per heavy atom. The number of fused-ring (bicyclic) bond motifs is 1. The maximum absolute atomic E-state index is 13.0. The largest absolute Gasteiger partial charge is 0.468 e. The van der Waals surface area contributed by atoms with E-state index in [1.165, 1.54) is 7.11 Å². The van der Waals surface area contributed by atoms with Crippen LogP contribution in [0.15, 0.2) is 18.2 Å². The van der Waals surface area contributed by atoms with Crippen molar-refractivity contribution in [3.8, 4) is 0 Å². The molecule has 2 fully saturated rings. The summed E-state index contributed by atoms with van der Waals surface area (Å²) < 4.78 is 5.04. The third-order valence-electron chi connectivity index (χ3n) is 5.02. The highest BCUT2D eigenvalue weighted by Crippen LogP contribution is 2.46. The quantitative estimate of drug-likeness (QED) is 0.774. The van der Waals surface area contributed by atoms with Gasteiger partial charge in [0.05, 0.1) is 13.0 Å². The molecule has 2 aliphatic rings. The Hall–Kier alpha value is -1.88. The van der Waals surface area contributed by atoms with Gasteiger partial charge < -0.3 is 14.5 Å². The molecule has 0 aromatic heterocycles. The van der Waals surface area contributed by atoms with Crippen LogP contribution in [0.4, 0.5) is 5.69 Å². The van der Waals surface area contributed by atoms with Crippen LogP contribution in [-0.2, 0) is 14.3 Å². The average Bonchev–Trinajstić information content (AvgIpc) is 2.93. The highest BCUT2D eigenvalue weighted by atomic mass is 16.5. The monoisotopic (exact) mass is 302 g/mol. The smallest absolute Gasteiger partial charge is 0.315 e. The summed E-state index contributed by atoms with van der Waals surface area (Å²) in [6, 6.07) is 5.99. The van der Waals surface area contributed by atoms with Crippen molar-refractivity contribution >= 4 is 17.6 Å². The highest BCUT2D eigenvalue weighted by molar-refractivity contribution is 6.04. The fourth-order valence-electron chi connectivity index (χ4n) is 4.06. The van der Waals surface area contributed by atoms with E-state index < -0.39 is 5.41 Å². The molecule has 2 unspecified atom stereocenters. The van der Waals surface area contributed by atoms with E-state index in [1.807, 2.05) is 44.0 Å². The molecule has 1 amide bonds. The lowest BCUT2D eigenvalue weighted by atomic mass is 9.81. The summed E-state index contributed by atoms with van der Waals surface area (Å²) in [5.74, 6) is -0.556. The number of carbonyl (C=O) groups excluding carboxylic acids is 2. The lowest BCUT2D eigenvalue weighted by Gasteiger charge is -2.27. The highest BCUT2D eigenvalue weighted by Gasteiger charge is 2.62. The van der Waals surface area contributed by atoms with Crippen LogP contribution in [0.3, 0.4) is 0 Å². The predicted octanol–water partition coefficient (Wildman–Crippen LogP) is 1.37. The molecule has 2 aliphatic heterocycles. The van der Waals surface area contributed by atoms with Crippen molar-refractivity contribution in [1.82, 2.24) is 4.90 Å². The van der Waals surface area contributed by atoms with Gasteiger partial charge in [-0.15, -0.1) is 0 Å². The summed E-state index contributed by atoms with van der Waals surface area (Å²) in [6.45, 7) is 5.58. The van der Waals surface area contributed by atoms with Gasteiger partial charge in [-0.25, -0.2) is 0 Å². The molecular formula is C17H22N2O3. The molecule has 0 aliphatic carbocycles. The first-order chi connectivity index (χ1) is 10.4. The molecule has 3 rings (SSSR count). The molecular weight excluding hydrogens is 280 g/mol. The second kappa shape index (κ2) is 5.09. The second-order valence-corrected chi connectivity index (χ2v) is 6.56. The van der Waals surface area contributed by atoms with E-state index in [2.05, 4.69) is 0 Å². The molecule has 2 atom stereocenters. The summed E-state index contributed by atoms with van der Waals surface area (Å²) in [5.41, 5.74) is 2.31. The van der Waals surface area contributed by atoms with Crippen LogP contribution in [0.25, 0.3) is 0 Å². The van der Waals surface area contributed by atoms with E-state index in [0.29, 0.717) is 19.6 Å². The Bertz CT molecular complexity index is 623. The number of benzene rings is 1. The standard InChI is InChI=1S/C17H22N2O3/c1-11-6-5-7-12(2)14(11)19-10-17(16(21)22-4)9-18(3)8-13(17)15(19)20/h5-7,13H,8-10H2,1-4H3. The first-order valence-electron chi connectivity index (χ1n) is 7.55. The number of carbonyl (C=O) groups is 2. The van der Waals surface area contributed by atoms with Crippen LogP contribution in [0.5, 0.6) is 0 Å². The summed E-state index contributed by atoms with van der Waals surface area (Å²) >= 11 is 0. The van der Waals surface area contributed by atoms with Crippen molar-refractivity contribution in [2.24, 2.45) is 11.3 Å². The van der Waals surface area contributed by atoms with Gasteiger partial charge in [0.1, 0.15) is 5.41 Å². The van der Waals surface area contributed by atoms with E-state index in [4.69, 9.17) is 4.74 Å². The Kier molecular flexibility index (Phi) is 3.48. The Labute approximate surface area is 130 Å². The van der Waals surface area contributed by atoms with E-state index >= 15 is 0 Å². The van der Waals surface area contributed by atoms with Crippen LogP contribution in [-0.4, -0.2) is 50.6 Å².